The molecule has 0 saturated heterocycles. The lowest BCUT2D eigenvalue weighted by molar-refractivity contribution is 0.0653. The highest BCUT2D eigenvalue weighted by Gasteiger charge is 2.32. The molecule has 0 amide bonds. The third-order valence-electron chi connectivity index (χ3n) is 6.18. The van der Waals surface area contributed by atoms with Crippen molar-refractivity contribution < 1.29 is 23.2 Å². The largest absolute Gasteiger partial charge is 0.812 e. The summed E-state index contributed by atoms with van der Waals surface area (Å²) in [6.07, 6.45) is 3.53. The average Bonchev–Trinajstić information content (AvgIpc) is 3.73. The lowest BCUT2D eigenvalue weighted by Crippen LogP contribution is -2.05. The summed E-state index contributed by atoms with van der Waals surface area (Å²) in [4.78, 5) is 24.9. The van der Waals surface area contributed by atoms with E-state index in [4.69, 9.17) is 9.05 Å². The Balaban J connectivity index is 1.04. The molecule has 0 aliphatic heterocycles. The van der Waals surface area contributed by atoms with Crippen LogP contribution in [0.25, 0.3) is 33.9 Å². The summed E-state index contributed by atoms with van der Waals surface area (Å²) in [5.74, 6) is -1.82. The predicted octanol–water partition coefficient (Wildman–Crippen LogP) is 5.85. The van der Waals surface area contributed by atoms with Gasteiger partial charge in [-0.05, 0) is 48.5 Å². The first-order chi connectivity index (χ1) is 20.5. The van der Waals surface area contributed by atoms with E-state index in [2.05, 4.69) is 20.6 Å². The molecule has 0 radical (unpaired) electrons. The number of nitrogens with zero attached hydrogens (tertiary/aromatic N) is 6. The van der Waals surface area contributed by atoms with Crippen molar-refractivity contribution in [2.45, 2.75) is 0 Å². The molecule has 0 atom stereocenters. The standard InChI is InChI=1S/C30H20N6O5P/c37-29(23-11-15-25(16-12-23)35-19-27(31-33-35)21-7-3-1-4-8-21)40-42(39)41-30(38)24-13-17-26(18-14-24)36-20-28(32-34-36)22-9-5-2-6-10-22/h1-20H/q+1. The highest BCUT2D eigenvalue weighted by atomic mass is 31.1. The molecule has 0 fully saturated rings. The highest BCUT2D eigenvalue weighted by molar-refractivity contribution is 7.34. The van der Waals surface area contributed by atoms with Crippen LogP contribution in [0.4, 0.5) is 0 Å². The van der Waals surface area contributed by atoms with Gasteiger partial charge < -0.3 is 0 Å². The molecule has 12 heteroatoms. The molecule has 6 aromatic rings. The van der Waals surface area contributed by atoms with Gasteiger partial charge in [0.1, 0.15) is 11.4 Å². The quantitative estimate of drug-likeness (QED) is 0.205. The van der Waals surface area contributed by atoms with Crippen LogP contribution in [0.1, 0.15) is 20.7 Å². The van der Waals surface area contributed by atoms with Crippen LogP contribution in [0.15, 0.2) is 122 Å². The lowest BCUT2D eigenvalue weighted by atomic mass is 10.2. The van der Waals surface area contributed by atoms with Crippen LogP contribution in [-0.2, 0) is 13.6 Å². The molecular formula is C30H20N6O5P+. The number of benzene rings is 4. The Hall–Kier alpha value is -5.80. The number of carbonyl (C=O) groups excluding carboxylic acids is 2. The zero-order chi connectivity index (χ0) is 28.9. The van der Waals surface area contributed by atoms with Gasteiger partial charge in [0.15, 0.2) is 0 Å². The van der Waals surface area contributed by atoms with Crippen molar-refractivity contribution in [1.82, 2.24) is 30.0 Å². The van der Waals surface area contributed by atoms with E-state index < -0.39 is 20.2 Å². The molecule has 0 spiro atoms. The van der Waals surface area contributed by atoms with Gasteiger partial charge in [0.05, 0.1) is 34.9 Å². The molecule has 0 aliphatic carbocycles. The zero-order valence-electron chi connectivity index (χ0n) is 21.7. The fourth-order valence-corrected chi connectivity index (χ4v) is 4.54. The number of hydrogen-bond donors (Lipinski definition) is 0. The van der Waals surface area contributed by atoms with Crippen molar-refractivity contribution in [2.75, 3.05) is 0 Å². The van der Waals surface area contributed by atoms with Crippen molar-refractivity contribution in [3.05, 3.63) is 133 Å². The normalized spacial score (nSPS) is 10.7. The van der Waals surface area contributed by atoms with Crippen LogP contribution >= 0.6 is 8.25 Å². The van der Waals surface area contributed by atoms with Gasteiger partial charge in [0.25, 0.3) is 0 Å². The molecular weight excluding hydrogens is 555 g/mol. The number of hydrogen-bond acceptors (Lipinski definition) is 9. The van der Waals surface area contributed by atoms with Gasteiger partial charge in [-0.3, -0.25) is 0 Å². The number of rotatable bonds is 8. The molecule has 204 valence electrons. The minimum atomic E-state index is -3.06. The van der Waals surface area contributed by atoms with Crippen molar-refractivity contribution in [3.63, 3.8) is 0 Å². The molecule has 42 heavy (non-hydrogen) atoms. The van der Waals surface area contributed by atoms with E-state index in [0.717, 1.165) is 11.1 Å². The maximum Gasteiger partial charge on any atom is 0.812 e. The van der Waals surface area contributed by atoms with E-state index in [1.165, 1.54) is 24.3 Å². The molecule has 2 aromatic heterocycles. The van der Waals surface area contributed by atoms with Crippen molar-refractivity contribution in [1.29, 1.82) is 0 Å². The second kappa shape index (κ2) is 11.7. The van der Waals surface area contributed by atoms with Gasteiger partial charge in [0.2, 0.25) is 0 Å². The van der Waals surface area contributed by atoms with Gasteiger partial charge in [-0.15, -0.1) is 10.2 Å². The van der Waals surface area contributed by atoms with Gasteiger partial charge >= 0.3 is 20.2 Å². The molecule has 11 nitrogen and oxygen atoms in total. The first-order valence-electron chi connectivity index (χ1n) is 12.6. The molecule has 6 rings (SSSR count). The molecule has 0 N–H and O–H groups in total. The first-order valence-corrected chi connectivity index (χ1v) is 13.7. The molecule has 0 saturated carbocycles. The molecule has 4 aromatic carbocycles. The fourth-order valence-electron chi connectivity index (χ4n) is 4.02. The molecule has 2 heterocycles. The van der Waals surface area contributed by atoms with Crippen LogP contribution in [0.2, 0.25) is 0 Å². The Morgan fingerprint density at radius 2 is 0.929 bits per heavy atom. The minimum Gasteiger partial charge on any atom is -0.241 e. The smallest absolute Gasteiger partial charge is 0.241 e. The van der Waals surface area contributed by atoms with E-state index >= 15 is 0 Å². The Kier molecular flexibility index (Phi) is 7.39. The van der Waals surface area contributed by atoms with Crippen LogP contribution < -0.4 is 0 Å². The lowest BCUT2D eigenvalue weighted by Gasteiger charge is -2.01. The van der Waals surface area contributed by atoms with E-state index in [1.54, 1.807) is 46.0 Å². The Labute approximate surface area is 239 Å². The first kappa shape index (κ1) is 26.4. The van der Waals surface area contributed by atoms with E-state index in [1.807, 2.05) is 60.7 Å². The topological polar surface area (TPSA) is 131 Å². The Morgan fingerprint density at radius 1 is 0.548 bits per heavy atom. The monoisotopic (exact) mass is 575 g/mol. The summed E-state index contributed by atoms with van der Waals surface area (Å²) < 4.78 is 25.1. The van der Waals surface area contributed by atoms with E-state index in [-0.39, 0.29) is 11.1 Å². The summed E-state index contributed by atoms with van der Waals surface area (Å²) in [6.45, 7) is 0. The maximum absolute atomic E-state index is 12.5. The minimum absolute atomic E-state index is 0.119. The molecule has 0 aliphatic rings. The van der Waals surface area contributed by atoms with Crippen LogP contribution in [-0.4, -0.2) is 41.9 Å². The predicted molar refractivity (Wildman–Crippen MR) is 152 cm³/mol. The SMILES string of the molecule is O=C(O[P+](=O)OC(=O)c1ccc(-n2cc(-c3ccccc3)nn2)cc1)c1ccc(-n2cc(-c3ccccc3)nn2)cc1. The Bertz CT molecular complexity index is 1730. The van der Waals surface area contributed by atoms with Gasteiger partial charge in [-0.1, -0.05) is 71.1 Å². The number of carbonyl (C=O) groups is 2. The summed E-state index contributed by atoms with van der Waals surface area (Å²) >= 11 is 0. The van der Waals surface area contributed by atoms with Crippen molar-refractivity contribution >= 4 is 20.2 Å². The third-order valence-corrected chi connectivity index (χ3v) is 6.81. The maximum atomic E-state index is 12.5. The van der Waals surface area contributed by atoms with Gasteiger partial charge in [-0.2, -0.15) is 9.05 Å². The second-order valence-corrected chi connectivity index (χ2v) is 9.72. The Morgan fingerprint density at radius 3 is 1.31 bits per heavy atom. The van der Waals surface area contributed by atoms with Gasteiger partial charge in [-0.25, -0.2) is 19.0 Å². The average molecular weight is 576 g/mol. The third kappa shape index (κ3) is 5.86. The molecule has 0 unspecified atom stereocenters. The summed E-state index contributed by atoms with van der Waals surface area (Å²) in [5.41, 5.74) is 4.79. The van der Waals surface area contributed by atoms with Crippen LogP contribution in [0.3, 0.4) is 0 Å². The summed E-state index contributed by atoms with van der Waals surface area (Å²) in [5, 5.41) is 16.6. The van der Waals surface area contributed by atoms with Crippen LogP contribution in [0.5, 0.6) is 0 Å². The van der Waals surface area contributed by atoms with E-state index in [0.29, 0.717) is 22.8 Å². The number of aromatic nitrogens is 6. The molecule has 0 bridgehead atoms. The zero-order valence-corrected chi connectivity index (χ0v) is 22.6. The van der Waals surface area contributed by atoms with Gasteiger partial charge in [0, 0.05) is 15.7 Å². The summed E-state index contributed by atoms with van der Waals surface area (Å²) in [6, 6.07) is 31.7. The van der Waals surface area contributed by atoms with E-state index in [9.17, 15) is 14.2 Å². The van der Waals surface area contributed by atoms with Crippen molar-refractivity contribution in [2.24, 2.45) is 0 Å². The fraction of sp³-hybridized carbons (Fsp3) is 0. The highest BCUT2D eigenvalue weighted by Crippen LogP contribution is 2.28. The van der Waals surface area contributed by atoms with Crippen LogP contribution in [0, 0.1) is 0 Å². The second-order valence-electron chi connectivity index (χ2n) is 8.90. The summed E-state index contributed by atoms with van der Waals surface area (Å²) in [7, 11) is -3.06. The van der Waals surface area contributed by atoms with Crippen molar-refractivity contribution in [3.8, 4) is 33.9 Å².